The molecule has 4 N–H and O–H groups in total. The minimum Gasteiger partial charge on any atom is -0.398 e. The molecule has 0 aliphatic carbocycles. The SMILES string of the molecule is CCNC(=O)c1ccc(NCc2sccc2N)c(C)c1. The molecule has 20 heavy (non-hydrogen) atoms. The Kier molecular flexibility index (Phi) is 4.63. The van der Waals surface area contributed by atoms with Crippen molar-refractivity contribution in [3.05, 3.63) is 45.6 Å². The van der Waals surface area contributed by atoms with Crippen LogP contribution in [-0.4, -0.2) is 12.5 Å². The minimum absolute atomic E-state index is 0.0374. The van der Waals surface area contributed by atoms with E-state index in [-0.39, 0.29) is 5.91 Å². The highest BCUT2D eigenvalue weighted by molar-refractivity contribution is 7.10. The fourth-order valence-corrected chi connectivity index (χ4v) is 2.67. The van der Waals surface area contributed by atoms with E-state index in [0.29, 0.717) is 18.7 Å². The number of hydrogen-bond donors (Lipinski definition) is 3. The summed E-state index contributed by atoms with van der Waals surface area (Å²) < 4.78 is 0. The van der Waals surface area contributed by atoms with Crippen molar-refractivity contribution in [1.29, 1.82) is 0 Å². The average molecular weight is 289 g/mol. The molecule has 2 aromatic rings. The van der Waals surface area contributed by atoms with Gasteiger partial charge in [-0.15, -0.1) is 11.3 Å². The number of rotatable bonds is 5. The maximum atomic E-state index is 11.8. The maximum absolute atomic E-state index is 11.8. The number of aryl methyl sites for hydroxylation is 1. The van der Waals surface area contributed by atoms with Crippen LogP contribution in [0, 0.1) is 6.92 Å². The fourth-order valence-electron chi connectivity index (χ4n) is 1.94. The summed E-state index contributed by atoms with van der Waals surface area (Å²) in [5.41, 5.74) is 9.43. The first-order chi connectivity index (χ1) is 9.61. The van der Waals surface area contributed by atoms with Crippen molar-refractivity contribution in [3.63, 3.8) is 0 Å². The Morgan fingerprint density at radius 1 is 1.35 bits per heavy atom. The van der Waals surface area contributed by atoms with Crippen molar-refractivity contribution in [1.82, 2.24) is 5.32 Å². The molecule has 1 heterocycles. The van der Waals surface area contributed by atoms with Crippen LogP contribution in [0.1, 0.15) is 27.7 Å². The smallest absolute Gasteiger partial charge is 0.251 e. The van der Waals surface area contributed by atoms with E-state index in [1.165, 1.54) is 0 Å². The van der Waals surface area contributed by atoms with Crippen molar-refractivity contribution in [2.24, 2.45) is 0 Å². The van der Waals surface area contributed by atoms with Crippen LogP contribution in [0.25, 0.3) is 0 Å². The highest BCUT2D eigenvalue weighted by Gasteiger charge is 2.07. The van der Waals surface area contributed by atoms with Crippen LogP contribution in [0.5, 0.6) is 0 Å². The molecular weight excluding hydrogens is 270 g/mol. The van der Waals surface area contributed by atoms with Gasteiger partial charge in [-0.3, -0.25) is 4.79 Å². The van der Waals surface area contributed by atoms with Gasteiger partial charge >= 0.3 is 0 Å². The maximum Gasteiger partial charge on any atom is 0.251 e. The Morgan fingerprint density at radius 2 is 2.15 bits per heavy atom. The number of hydrogen-bond acceptors (Lipinski definition) is 4. The van der Waals surface area contributed by atoms with Gasteiger partial charge in [0, 0.05) is 28.4 Å². The van der Waals surface area contributed by atoms with E-state index in [4.69, 9.17) is 5.73 Å². The van der Waals surface area contributed by atoms with Gasteiger partial charge in [-0.05, 0) is 49.1 Å². The molecule has 106 valence electrons. The van der Waals surface area contributed by atoms with Gasteiger partial charge in [-0.2, -0.15) is 0 Å². The largest absolute Gasteiger partial charge is 0.398 e. The van der Waals surface area contributed by atoms with Crippen molar-refractivity contribution in [2.75, 3.05) is 17.6 Å². The molecule has 0 atom stereocenters. The van der Waals surface area contributed by atoms with Crippen LogP contribution in [0.4, 0.5) is 11.4 Å². The number of carbonyl (C=O) groups excluding carboxylic acids is 1. The predicted molar refractivity (Wildman–Crippen MR) is 85.2 cm³/mol. The van der Waals surface area contributed by atoms with Gasteiger partial charge in [0.1, 0.15) is 0 Å². The molecule has 1 aromatic heterocycles. The average Bonchev–Trinajstić information content (AvgIpc) is 2.83. The van der Waals surface area contributed by atoms with Gasteiger partial charge in [-0.1, -0.05) is 0 Å². The van der Waals surface area contributed by atoms with E-state index in [9.17, 15) is 4.79 Å². The number of nitrogens with one attached hydrogen (secondary N) is 2. The van der Waals surface area contributed by atoms with Crippen LogP contribution >= 0.6 is 11.3 Å². The molecule has 0 aliphatic heterocycles. The van der Waals surface area contributed by atoms with Gasteiger partial charge < -0.3 is 16.4 Å². The summed E-state index contributed by atoms with van der Waals surface area (Å²) >= 11 is 1.64. The molecule has 0 unspecified atom stereocenters. The molecule has 0 bridgehead atoms. The summed E-state index contributed by atoms with van der Waals surface area (Å²) in [5, 5.41) is 8.13. The third-order valence-corrected chi connectivity index (χ3v) is 3.98. The molecular formula is C15H19N3OS. The van der Waals surface area contributed by atoms with Crippen molar-refractivity contribution >= 4 is 28.6 Å². The highest BCUT2D eigenvalue weighted by atomic mass is 32.1. The third-order valence-electron chi connectivity index (χ3n) is 3.05. The lowest BCUT2D eigenvalue weighted by molar-refractivity contribution is 0.0956. The normalized spacial score (nSPS) is 10.3. The lowest BCUT2D eigenvalue weighted by atomic mass is 10.1. The molecule has 2 rings (SSSR count). The van der Waals surface area contributed by atoms with E-state index < -0.39 is 0 Å². The van der Waals surface area contributed by atoms with Crippen LogP contribution < -0.4 is 16.4 Å². The predicted octanol–water partition coefficient (Wildman–Crippen LogP) is 3.00. The van der Waals surface area contributed by atoms with Gasteiger partial charge in [0.15, 0.2) is 0 Å². The summed E-state index contributed by atoms with van der Waals surface area (Å²) in [7, 11) is 0. The van der Waals surface area contributed by atoms with Gasteiger partial charge in [-0.25, -0.2) is 0 Å². The van der Waals surface area contributed by atoms with Crippen LogP contribution in [0.15, 0.2) is 29.6 Å². The minimum atomic E-state index is -0.0374. The second-order valence-corrected chi connectivity index (χ2v) is 5.54. The Hall–Kier alpha value is -2.01. The van der Waals surface area contributed by atoms with Gasteiger partial charge in [0.2, 0.25) is 0 Å². The second-order valence-electron chi connectivity index (χ2n) is 4.54. The standard InChI is InChI=1S/C15H19N3OS/c1-3-17-15(19)11-4-5-13(10(2)8-11)18-9-14-12(16)6-7-20-14/h4-8,18H,3,9,16H2,1-2H3,(H,17,19). The summed E-state index contributed by atoms with van der Waals surface area (Å²) in [5.74, 6) is -0.0374. The Balaban J connectivity index is 2.06. The number of thiophene rings is 1. The summed E-state index contributed by atoms with van der Waals surface area (Å²) in [4.78, 5) is 12.9. The molecule has 0 saturated carbocycles. The molecule has 0 aliphatic rings. The summed E-state index contributed by atoms with van der Waals surface area (Å²) in [6, 6.07) is 7.57. The second kappa shape index (κ2) is 6.43. The molecule has 0 saturated heterocycles. The van der Waals surface area contributed by atoms with E-state index in [0.717, 1.165) is 21.8 Å². The first-order valence-corrected chi connectivity index (χ1v) is 7.44. The van der Waals surface area contributed by atoms with Gasteiger partial charge in [0.25, 0.3) is 5.91 Å². The Bertz CT molecular complexity index is 607. The van der Waals surface area contributed by atoms with Crippen LogP contribution in [0.3, 0.4) is 0 Å². The Morgan fingerprint density at radius 3 is 2.75 bits per heavy atom. The summed E-state index contributed by atoms with van der Waals surface area (Å²) in [6.07, 6.45) is 0. The zero-order valence-electron chi connectivity index (χ0n) is 11.7. The van der Waals surface area contributed by atoms with Crippen molar-refractivity contribution < 1.29 is 4.79 Å². The van der Waals surface area contributed by atoms with E-state index in [1.807, 2.05) is 43.5 Å². The number of nitrogens with two attached hydrogens (primary N) is 1. The molecule has 5 heteroatoms. The number of carbonyl (C=O) groups is 1. The third kappa shape index (κ3) is 3.30. The van der Waals surface area contributed by atoms with Crippen LogP contribution in [0.2, 0.25) is 0 Å². The lowest BCUT2D eigenvalue weighted by Gasteiger charge is -2.11. The van der Waals surface area contributed by atoms with Crippen LogP contribution in [-0.2, 0) is 6.54 Å². The molecule has 0 radical (unpaired) electrons. The highest BCUT2D eigenvalue weighted by Crippen LogP contribution is 2.22. The van der Waals surface area contributed by atoms with E-state index >= 15 is 0 Å². The molecule has 1 aromatic carbocycles. The molecule has 0 fully saturated rings. The topological polar surface area (TPSA) is 67.2 Å². The number of amides is 1. The molecule has 1 amide bonds. The zero-order valence-corrected chi connectivity index (χ0v) is 12.5. The number of anilines is 2. The zero-order chi connectivity index (χ0) is 14.5. The first-order valence-electron chi connectivity index (χ1n) is 6.56. The first kappa shape index (κ1) is 14.4. The number of nitrogen functional groups attached to an aromatic ring is 1. The fraction of sp³-hybridized carbons (Fsp3) is 0.267. The van der Waals surface area contributed by atoms with Crippen molar-refractivity contribution in [2.45, 2.75) is 20.4 Å². The lowest BCUT2D eigenvalue weighted by Crippen LogP contribution is -2.22. The van der Waals surface area contributed by atoms with Crippen molar-refractivity contribution in [3.8, 4) is 0 Å². The Labute approximate surface area is 123 Å². The quantitative estimate of drug-likeness (QED) is 0.792. The monoisotopic (exact) mass is 289 g/mol. The molecule has 0 spiro atoms. The van der Waals surface area contributed by atoms with E-state index in [1.54, 1.807) is 11.3 Å². The van der Waals surface area contributed by atoms with E-state index in [2.05, 4.69) is 10.6 Å². The van der Waals surface area contributed by atoms with Gasteiger partial charge in [0.05, 0.1) is 6.54 Å². The molecule has 4 nitrogen and oxygen atoms in total. The number of benzene rings is 1. The summed E-state index contributed by atoms with van der Waals surface area (Å²) in [6.45, 7) is 5.23.